The highest BCUT2D eigenvalue weighted by atomic mass is 32.1. The first kappa shape index (κ1) is 23.2. The zero-order valence-electron chi connectivity index (χ0n) is 20.3. The van der Waals surface area contributed by atoms with Gasteiger partial charge in [-0.15, -0.1) is 0 Å². The molecule has 2 nitrogen and oxygen atoms in total. The molecule has 0 aliphatic carbocycles. The number of aromatic nitrogens is 2. The van der Waals surface area contributed by atoms with Crippen LogP contribution in [0.3, 0.4) is 0 Å². The first-order chi connectivity index (χ1) is 18.0. The van der Waals surface area contributed by atoms with Crippen molar-refractivity contribution < 1.29 is 8.78 Å². The second kappa shape index (κ2) is 9.34. The standard InChI is InChI=1S/C32H22F2N2S/c1-19-20(2)30(26-16-14-24(18-28(26)34)22-11-7-4-8-12-22)32-31(35-37-36-32)29(19)25-15-13-23(17-27(25)33)21-9-5-3-6-10-21/h3-18H,1-2H3. The molecule has 5 heteroatoms. The van der Waals surface area contributed by atoms with Crippen molar-refractivity contribution in [2.45, 2.75) is 13.8 Å². The minimum Gasteiger partial charge on any atom is -0.206 e. The highest BCUT2D eigenvalue weighted by Gasteiger charge is 2.23. The fraction of sp³-hybridized carbons (Fsp3) is 0.0625. The van der Waals surface area contributed by atoms with Crippen molar-refractivity contribution in [1.82, 2.24) is 8.75 Å². The molecular formula is C32H22F2N2S. The maximum Gasteiger partial charge on any atom is 0.131 e. The van der Waals surface area contributed by atoms with Gasteiger partial charge in [0.1, 0.15) is 22.7 Å². The number of fused-ring (bicyclic) bond motifs is 1. The van der Waals surface area contributed by atoms with E-state index in [1.807, 2.05) is 86.6 Å². The van der Waals surface area contributed by atoms with E-state index in [4.69, 9.17) is 0 Å². The molecule has 0 spiro atoms. The number of halogens is 2. The maximum atomic E-state index is 15.6. The molecule has 0 saturated heterocycles. The van der Waals surface area contributed by atoms with Crippen molar-refractivity contribution >= 4 is 22.8 Å². The van der Waals surface area contributed by atoms with E-state index >= 15 is 8.78 Å². The maximum absolute atomic E-state index is 15.6. The number of rotatable bonds is 4. The Kier molecular flexibility index (Phi) is 5.85. The molecule has 5 aromatic carbocycles. The summed E-state index contributed by atoms with van der Waals surface area (Å²) >= 11 is 1.05. The van der Waals surface area contributed by atoms with Crippen LogP contribution in [0.1, 0.15) is 11.1 Å². The van der Waals surface area contributed by atoms with Crippen LogP contribution in [0.5, 0.6) is 0 Å². The summed E-state index contributed by atoms with van der Waals surface area (Å²) in [6.07, 6.45) is 0. The Bertz CT molecular complexity index is 1630. The smallest absolute Gasteiger partial charge is 0.131 e. The summed E-state index contributed by atoms with van der Waals surface area (Å²) in [5.74, 6) is -0.659. The van der Waals surface area contributed by atoms with Crippen molar-refractivity contribution in [3.05, 3.63) is 120 Å². The second-order valence-electron chi connectivity index (χ2n) is 9.08. The molecule has 180 valence electrons. The average molecular weight is 505 g/mol. The van der Waals surface area contributed by atoms with E-state index in [0.717, 1.165) is 45.1 Å². The normalized spacial score (nSPS) is 11.2. The molecule has 0 aliphatic heterocycles. The number of hydrogen-bond acceptors (Lipinski definition) is 3. The molecule has 0 bridgehead atoms. The predicted octanol–water partition coefficient (Wildman–Crippen LogP) is 9.25. The van der Waals surface area contributed by atoms with Gasteiger partial charge in [-0.05, 0) is 59.4 Å². The van der Waals surface area contributed by atoms with Gasteiger partial charge in [0.05, 0.1) is 11.7 Å². The topological polar surface area (TPSA) is 25.8 Å². The number of hydrogen-bond donors (Lipinski definition) is 0. The van der Waals surface area contributed by atoms with Crippen molar-refractivity contribution in [2.75, 3.05) is 0 Å². The van der Waals surface area contributed by atoms with Crippen LogP contribution in [-0.2, 0) is 0 Å². The highest BCUT2D eigenvalue weighted by molar-refractivity contribution is 7.00. The van der Waals surface area contributed by atoms with E-state index in [2.05, 4.69) is 8.75 Å². The molecule has 0 radical (unpaired) electrons. The van der Waals surface area contributed by atoms with Gasteiger partial charge in [-0.3, -0.25) is 0 Å². The van der Waals surface area contributed by atoms with Crippen LogP contribution in [0.4, 0.5) is 8.78 Å². The van der Waals surface area contributed by atoms with Crippen LogP contribution in [-0.4, -0.2) is 8.75 Å². The zero-order valence-corrected chi connectivity index (χ0v) is 21.1. The summed E-state index contributed by atoms with van der Waals surface area (Å²) in [4.78, 5) is 0. The Balaban J connectivity index is 1.50. The van der Waals surface area contributed by atoms with Gasteiger partial charge in [-0.25, -0.2) is 8.78 Å². The van der Waals surface area contributed by atoms with Crippen LogP contribution in [0.15, 0.2) is 97.1 Å². The monoisotopic (exact) mass is 504 g/mol. The number of nitrogens with zero attached hydrogens (tertiary/aromatic N) is 2. The summed E-state index contributed by atoms with van der Waals surface area (Å²) in [6, 6.07) is 30.0. The Morgan fingerprint density at radius 3 is 1.30 bits per heavy atom. The van der Waals surface area contributed by atoms with Crippen LogP contribution >= 0.6 is 11.7 Å². The average Bonchev–Trinajstić information content (AvgIpc) is 3.40. The quantitative estimate of drug-likeness (QED) is 0.239. The summed E-state index contributed by atoms with van der Waals surface area (Å²) in [5, 5.41) is 0. The van der Waals surface area contributed by atoms with E-state index < -0.39 is 0 Å². The first-order valence-electron chi connectivity index (χ1n) is 12.0. The molecule has 37 heavy (non-hydrogen) atoms. The molecule has 0 atom stereocenters. The third kappa shape index (κ3) is 4.02. The van der Waals surface area contributed by atoms with Crippen LogP contribution in [0, 0.1) is 25.5 Å². The lowest BCUT2D eigenvalue weighted by atomic mass is 9.87. The van der Waals surface area contributed by atoms with E-state index in [1.54, 1.807) is 24.3 Å². The van der Waals surface area contributed by atoms with Gasteiger partial charge < -0.3 is 0 Å². The molecule has 0 N–H and O–H groups in total. The van der Waals surface area contributed by atoms with Gasteiger partial charge in [-0.2, -0.15) is 8.75 Å². The molecule has 1 aromatic heterocycles. The SMILES string of the molecule is Cc1c(C)c(-c2ccc(-c3ccccc3)cc2F)c2nsnc2c1-c1ccc(-c2ccccc2)cc1F. The van der Waals surface area contributed by atoms with E-state index in [9.17, 15) is 0 Å². The first-order valence-corrected chi connectivity index (χ1v) is 12.7. The molecule has 6 rings (SSSR count). The molecular weight excluding hydrogens is 482 g/mol. The minimum atomic E-state index is -0.329. The van der Waals surface area contributed by atoms with Crippen molar-refractivity contribution in [3.63, 3.8) is 0 Å². The lowest BCUT2D eigenvalue weighted by molar-refractivity contribution is 0.631. The van der Waals surface area contributed by atoms with E-state index in [-0.39, 0.29) is 11.6 Å². The Morgan fingerprint density at radius 2 is 0.919 bits per heavy atom. The molecule has 6 aromatic rings. The zero-order chi connectivity index (χ0) is 25.5. The fourth-order valence-electron chi connectivity index (χ4n) is 4.96. The highest BCUT2D eigenvalue weighted by Crippen LogP contribution is 2.43. The fourth-order valence-corrected chi connectivity index (χ4v) is 5.52. The Hall–Kier alpha value is -4.22. The van der Waals surface area contributed by atoms with E-state index in [0.29, 0.717) is 33.3 Å². The summed E-state index contributed by atoms with van der Waals surface area (Å²) < 4.78 is 40.2. The Labute approximate surface area is 218 Å². The van der Waals surface area contributed by atoms with Crippen LogP contribution in [0.25, 0.3) is 55.5 Å². The lowest BCUT2D eigenvalue weighted by Crippen LogP contribution is -1.98. The van der Waals surface area contributed by atoms with Crippen LogP contribution in [0.2, 0.25) is 0 Å². The molecule has 0 aliphatic rings. The lowest BCUT2D eigenvalue weighted by Gasteiger charge is -2.17. The van der Waals surface area contributed by atoms with Gasteiger partial charge >= 0.3 is 0 Å². The van der Waals surface area contributed by atoms with Gasteiger partial charge in [0.2, 0.25) is 0 Å². The predicted molar refractivity (Wildman–Crippen MR) is 149 cm³/mol. The minimum absolute atomic E-state index is 0.329. The van der Waals surface area contributed by atoms with Crippen molar-refractivity contribution in [1.29, 1.82) is 0 Å². The van der Waals surface area contributed by atoms with Gasteiger partial charge in [0.25, 0.3) is 0 Å². The van der Waals surface area contributed by atoms with E-state index in [1.165, 1.54) is 0 Å². The van der Waals surface area contributed by atoms with Gasteiger partial charge in [0.15, 0.2) is 0 Å². The van der Waals surface area contributed by atoms with Gasteiger partial charge in [0, 0.05) is 22.3 Å². The summed E-state index contributed by atoms with van der Waals surface area (Å²) in [5.41, 5.74) is 8.71. The molecule has 0 amide bonds. The third-order valence-electron chi connectivity index (χ3n) is 6.97. The van der Waals surface area contributed by atoms with Crippen molar-refractivity contribution in [3.8, 4) is 44.5 Å². The molecule has 0 fully saturated rings. The molecule has 1 heterocycles. The Morgan fingerprint density at radius 1 is 0.514 bits per heavy atom. The summed E-state index contributed by atoms with van der Waals surface area (Å²) in [6.45, 7) is 3.88. The number of benzene rings is 5. The largest absolute Gasteiger partial charge is 0.206 e. The van der Waals surface area contributed by atoms with Gasteiger partial charge in [-0.1, -0.05) is 84.9 Å². The third-order valence-corrected chi connectivity index (χ3v) is 7.49. The molecule has 0 unspecified atom stereocenters. The second-order valence-corrected chi connectivity index (χ2v) is 9.61. The summed E-state index contributed by atoms with van der Waals surface area (Å²) in [7, 11) is 0. The van der Waals surface area contributed by atoms with Crippen molar-refractivity contribution in [2.24, 2.45) is 0 Å². The molecule has 0 saturated carbocycles. The van der Waals surface area contributed by atoms with Crippen LogP contribution < -0.4 is 0 Å².